The number of aliphatic imine (C=N–C) groups is 1. The van der Waals surface area contributed by atoms with Gasteiger partial charge in [0, 0.05) is 38.2 Å². The molecule has 0 radical (unpaired) electrons. The Morgan fingerprint density at radius 1 is 1.36 bits per heavy atom. The van der Waals surface area contributed by atoms with Crippen LogP contribution in [0.25, 0.3) is 0 Å². The van der Waals surface area contributed by atoms with Crippen LogP contribution in [0.2, 0.25) is 0 Å². The maximum Gasteiger partial charge on any atom is 0.193 e. The van der Waals surface area contributed by atoms with Crippen molar-refractivity contribution in [3.63, 3.8) is 0 Å². The van der Waals surface area contributed by atoms with Crippen molar-refractivity contribution in [3.8, 4) is 5.75 Å². The van der Waals surface area contributed by atoms with Gasteiger partial charge in [-0.2, -0.15) is 0 Å². The lowest BCUT2D eigenvalue weighted by molar-refractivity contribution is 0.156. The Labute approximate surface area is 151 Å². The smallest absolute Gasteiger partial charge is 0.193 e. The van der Waals surface area contributed by atoms with E-state index in [9.17, 15) is 0 Å². The zero-order chi connectivity index (χ0) is 17.5. The molecule has 2 aliphatic rings. The second-order valence-corrected chi connectivity index (χ2v) is 7.04. The fourth-order valence-corrected chi connectivity index (χ4v) is 3.76. The van der Waals surface area contributed by atoms with Crippen LogP contribution in [-0.4, -0.2) is 56.9 Å². The summed E-state index contributed by atoms with van der Waals surface area (Å²) in [6.07, 6.45) is 3.33. The molecular weight excluding hydrogens is 314 g/mol. The molecule has 0 aliphatic carbocycles. The van der Waals surface area contributed by atoms with Gasteiger partial charge in [0.1, 0.15) is 5.75 Å². The first-order valence-corrected chi connectivity index (χ1v) is 9.57. The average molecular weight is 345 g/mol. The number of guanidine groups is 1. The third kappa shape index (κ3) is 4.66. The highest BCUT2D eigenvalue weighted by molar-refractivity contribution is 5.80. The molecule has 0 bridgehead atoms. The van der Waals surface area contributed by atoms with Crippen molar-refractivity contribution in [2.45, 2.75) is 33.1 Å². The van der Waals surface area contributed by atoms with Crippen LogP contribution in [0, 0.1) is 5.41 Å². The molecular formula is C20H31N3O2. The van der Waals surface area contributed by atoms with Crippen LogP contribution in [0.1, 0.15) is 32.3 Å². The van der Waals surface area contributed by atoms with Crippen molar-refractivity contribution >= 4 is 5.96 Å². The summed E-state index contributed by atoms with van der Waals surface area (Å²) in [4.78, 5) is 7.28. The monoisotopic (exact) mass is 345 g/mol. The number of nitrogens with zero attached hydrogens (tertiary/aromatic N) is 2. The minimum absolute atomic E-state index is 0.363. The molecule has 1 aromatic rings. The Bertz CT molecular complexity index is 582. The summed E-state index contributed by atoms with van der Waals surface area (Å²) in [5.41, 5.74) is 1.63. The third-order valence-corrected chi connectivity index (χ3v) is 5.13. The van der Waals surface area contributed by atoms with E-state index in [4.69, 9.17) is 14.5 Å². The fourth-order valence-electron chi connectivity index (χ4n) is 3.76. The molecule has 2 fully saturated rings. The SMILES string of the molecule is CCNC(=NCCc1cccc(OCC)c1)N1CCC2(CCOC2)C1. The molecule has 0 aromatic heterocycles. The summed E-state index contributed by atoms with van der Waals surface area (Å²) in [6.45, 7) is 10.5. The number of benzene rings is 1. The molecule has 5 nitrogen and oxygen atoms in total. The Morgan fingerprint density at radius 3 is 3.04 bits per heavy atom. The van der Waals surface area contributed by atoms with Gasteiger partial charge in [-0.25, -0.2) is 0 Å². The predicted molar refractivity (Wildman–Crippen MR) is 101 cm³/mol. The van der Waals surface area contributed by atoms with E-state index < -0.39 is 0 Å². The van der Waals surface area contributed by atoms with Crippen molar-refractivity contribution < 1.29 is 9.47 Å². The lowest BCUT2D eigenvalue weighted by Gasteiger charge is -2.25. The molecule has 2 saturated heterocycles. The maximum absolute atomic E-state index is 5.64. The second kappa shape index (κ2) is 8.56. The standard InChI is InChI=1S/C20H31N3O2/c1-3-21-19(23-12-9-20(15-23)10-13-24-16-20)22-11-8-17-6-5-7-18(14-17)25-4-2/h5-7,14H,3-4,8-13,15-16H2,1-2H3,(H,21,22). The summed E-state index contributed by atoms with van der Waals surface area (Å²) in [7, 11) is 0. The minimum atomic E-state index is 0.363. The van der Waals surface area contributed by atoms with Crippen LogP contribution in [0.15, 0.2) is 29.3 Å². The number of rotatable bonds is 6. The van der Waals surface area contributed by atoms with Gasteiger partial charge in [0.05, 0.1) is 13.2 Å². The minimum Gasteiger partial charge on any atom is -0.494 e. The van der Waals surface area contributed by atoms with Gasteiger partial charge in [0.2, 0.25) is 0 Å². The number of hydrogen-bond acceptors (Lipinski definition) is 3. The summed E-state index contributed by atoms with van der Waals surface area (Å²) >= 11 is 0. The normalized spacial score (nSPS) is 23.4. The molecule has 25 heavy (non-hydrogen) atoms. The number of nitrogens with one attached hydrogen (secondary N) is 1. The highest BCUT2D eigenvalue weighted by Crippen LogP contribution is 2.38. The molecule has 138 valence electrons. The molecule has 1 atom stereocenters. The van der Waals surface area contributed by atoms with Crippen LogP contribution in [0.4, 0.5) is 0 Å². The molecule has 3 rings (SSSR count). The van der Waals surface area contributed by atoms with E-state index >= 15 is 0 Å². The summed E-state index contributed by atoms with van der Waals surface area (Å²) in [5, 5.41) is 3.46. The van der Waals surface area contributed by atoms with Crippen LogP contribution >= 0.6 is 0 Å². The molecule has 2 heterocycles. The average Bonchev–Trinajstić information content (AvgIpc) is 3.25. The van der Waals surface area contributed by atoms with Crippen molar-refractivity contribution in [2.24, 2.45) is 10.4 Å². The van der Waals surface area contributed by atoms with E-state index in [1.807, 2.05) is 13.0 Å². The van der Waals surface area contributed by atoms with Crippen LogP contribution < -0.4 is 10.1 Å². The predicted octanol–water partition coefficient (Wildman–Crippen LogP) is 2.71. The summed E-state index contributed by atoms with van der Waals surface area (Å²) in [5.74, 6) is 1.99. The molecule has 1 spiro atoms. The first-order valence-electron chi connectivity index (χ1n) is 9.57. The Balaban J connectivity index is 1.58. The van der Waals surface area contributed by atoms with Gasteiger partial charge >= 0.3 is 0 Å². The van der Waals surface area contributed by atoms with Crippen LogP contribution in [0.3, 0.4) is 0 Å². The van der Waals surface area contributed by atoms with E-state index in [0.29, 0.717) is 12.0 Å². The maximum atomic E-state index is 5.64. The molecule has 1 aromatic carbocycles. The van der Waals surface area contributed by atoms with E-state index in [1.165, 1.54) is 18.4 Å². The van der Waals surface area contributed by atoms with E-state index in [-0.39, 0.29) is 0 Å². The largest absolute Gasteiger partial charge is 0.494 e. The van der Waals surface area contributed by atoms with Crippen molar-refractivity contribution in [3.05, 3.63) is 29.8 Å². The zero-order valence-corrected chi connectivity index (χ0v) is 15.6. The number of ether oxygens (including phenoxy) is 2. The van der Waals surface area contributed by atoms with Crippen molar-refractivity contribution in [2.75, 3.05) is 46.0 Å². The van der Waals surface area contributed by atoms with E-state index in [2.05, 4.69) is 35.3 Å². The lowest BCUT2D eigenvalue weighted by Crippen LogP contribution is -2.41. The van der Waals surface area contributed by atoms with Gasteiger partial charge < -0.3 is 19.7 Å². The van der Waals surface area contributed by atoms with Gasteiger partial charge in [0.25, 0.3) is 0 Å². The van der Waals surface area contributed by atoms with Crippen LogP contribution in [-0.2, 0) is 11.2 Å². The summed E-state index contributed by atoms with van der Waals surface area (Å²) in [6, 6.07) is 8.32. The molecule has 5 heteroatoms. The first kappa shape index (κ1) is 18.1. The third-order valence-electron chi connectivity index (χ3n) is 5.13. The Hall–Kier alpha value is -1.75. The van der Waals surface area contributed by atoms with Crippen molar-refractivity contribution in [1.82, 2.24) is 10.2 Å². The zero-order valence-electron chi connectivity index (χ0n) is 15.6. The van der Waals surface area contributed by atoms with Crippen molar-refractivity contribution in [1.29, 1.82) is 0 Å². The Kier molecular flexibility index (Phi) is 6.19. The lowest BCUT2D eigenvalue weighted by atomic mass is 9.87. The van der Waals surface area contributed by atoms with Gasteiger partial charge in [-0.3, -0.25) is 4.99 Å². The summed E-state index contributed by atoms with van der Waals surface area (Å²) < 4.78 is 11.2. The molecule has 1 unspecified atom stereocenters. The Morgan fingerprint density at radius 2 is 2.28 bits per heavy atom. The topological polar surface area (TPSA) is 46.1 Å². The second-order valence-electron chi connectivity index (χ2n) is 7.04. The number of likely N-dealkylation sites (tertiary alicyclic amines) is 1. The molecule has 0 saturated carbocycles. The molecule has 0 amide bonds. The highest BCUT2D eigenvalue weighted by Gasteiger charge is 2.42. The number of hydrogen-bond donors (Lipinski definition) is 1. The van der Waals surface area contributed by atoms with Gasteiger partial charge in [0.15, 0.2) is 5.96 Å². The van der Waals surface area contributed by atoms with Gasteiger partial charge in [-0.05, 0) is 50.8 Å². The van der Waals surface area contributed by atoms with Crippen LogP contribution in [0.5, 0.6) is 5.75 Å². The highest BCUT2D eigenvalue weighted by atomic mass is 16.5. The molecule has 1 N–H and O–H groups in total. The van der Waals surface area contributed by atoms with Gasteiger partial charge in [-0.15, -0.1) is 0 Å². The van der Waals surface area contributed by atoms with Gasteiger partial charge in [-0.1, -0.05) is 12.1 Å². The first-order chi connectivity index (χ1) is 12.2. The molecule has 2 aliphatic heterocycles. The van der Waals surface area contributed by atoms with E-state index in [0.717, 1.165) is 57.5 Å². The van der Waals surface area contributed by atoms with E-state index in [1.54, 1.807) is 0 Å². The quantitative estimate of drug-likeness (QED) is 0.636. The fraction of sp³-hybridized carbons (Fsp3) is 0.650.